The Kier molecular flexibility index (Phi) is 56.5. The zero-order valence-electron chi connectivity index (χ0n) is 45.7. The third-order valence-electron chi connectivity index (χ3n) is 12.0. The van der Waals surface area contributed by atoms with Gasteiger partial charge in [-0.2, -0.15) is 0 Å². The Morgan fingerprint density at radius 2 is 0.643 bits per heavy atom. The molecule has 0 aliphatic rings. The highest BCUT2D eigenvalue weighted by atomic mass is 16.6. The van der Waals surface area contributed by atoms with Crippen molar-refractivity contribution in [3.05, 3.63) is 122 Å². The lowest BCUT2D eigenvalue weighted by molar-refractivity contribution is -0.163. The highest BCUT2D eigenvalue weighted by molar-refractivity contribution is 5.70. The fourth-order valence-corrected chi connectivity index (χ4v) is 7.63. The van der Waals surface area contributed by atoms with Crippen LogP contribution >= 0.6 is 0 Å². The van der Waals surface area contributed by atoms with Crippen LogP contribution in [0.2, 0.25) is 0 Å². The van der Waals surface area contributed by atoms with Gasteiger partial charge in [-0.1, -0.05) is 226 Å². The van der Waals surface area contributed by atoms with Gasteiger partial charge in [-0.15, -0.1) is 0 Å². The van der Waals surface area contributed by atoms with E-state index in [1.807, 2.05) is 0 Å². The van der Waals surface area contributed by atoms with Crippen LogP contribution in [-0.2, 0) is 23.8 Å². The predicted octanol–water partition coefficient (Wildman–Crippen LogP) is 20.1. The van der Waals surface area contributed by atoms with Crippen LogP contribution < -0.4 is 0 Å². The minimum atomic E-state index is -0.578. The molecule has 0 fully saturated rings. The maximum absolute atomic E-state index is 12.8. The molecule has 0 aromatic rings. The Bertz CT molecular complexity index is 1420. The van der Waals surface area contributed by atoms with E-state index in [9.17, 15) is 9.59 Å². The average Bonchev–Trinajstić information content (AvgIpc) is 3.36. The molecule has 0 rings (SSSR count). The van der Waals surface area contributed by atoms with Gasteiger partial charge >= 0.3 is 11.9 Å². The summed E-state index contributed by atoms with van der Waals surface area (Å²) in [7, 11) is 0. The van der Waals surface area contributed by atoms with Crippen molar-refractivity contribution < 1.29 is 23.8 Å². The lowest BCUT2D eigenvalue weighted by Gasteiger charge is -2.18. The molecule has 1 atom stereocenters. The largest absolute Gasteiger partial charge is 0.462 e. The molecule has 0 aliphatic heterocycles. The van der Waals surface area contributed by atoms with E-state index >= 15 is 0 Å². The number of hydrogen-bond acceptors (Lipinski definition) is 5. The van der Waals surface area contributed by atoms with Crippen molar-refractivity contribution in [3.63, 3.8) is 0 Å². The zero-order chi connectivity index (χ0) is 50.6. The van der Waals surface area contributed by atoms with Gasteiger partial charge in [-0.05, 0) is 135 Å². The molecular weight excluding hydrogens is 861 g/mol. The summed E-state index contributed by atoms with van der Waals surface area (Å²) >= 11 is 0. The standard InChI is InChI=1S/C65H108O5/c1-4-7-10-13-16-19-22-25-28-30-32-34-36-39-42-45-48-51-54-57-60-68-61-63(70-65(67)59-56-53-50-47-44-41-37-27-24-21-18-15-12-9-6-3)62-69-64(66)58-55-52-49-46-43-40-38-35-33-31-29-26-23-20-17-14-11-8-5-2/h9,12,16-21,25-29,32-35,37,44,47,63H,4-8,10-11,13-15,22-24,30-31,36,38-43,45-46,48-62H2,1-3H3/b12-9-,19-16-,20-17-,21-18-,28-25-,29-26-,34-32-,35-33-,37-27-,47-44-. The number of unbranched alkanes of at least 4 members (excludes halogenated alkanes) is 21. The summed E-state index contributed by atoms with van der Waals surface area (Å²) in [5.74, 6) is -0.469. The number of esters is 2. The number of ether oxygens (including phenoxy) is 3. The number of rotatable bonds is 52. The number of carbonyl (C=O) groups excluding carboxylic acids is 2. The number of hydrogen-bond donors (Lipinski definition) is 0. The van der Waals surface area contributed by atoms with E-state index in [1.54, 1.807) is 0 Å². The average molecular weight is 970 g/mol. The molecule has 0 aliphatic carbocycles. The Labute approximate surface area is 433 Å². The molecular formula is C65H108O5. The first-order valence-corrected chi connectivity index (χ1v) is 29.1. The van der Waals surface area contributed by atoms with Gasteiger partial charge in [0.2, 0.25) is 0 Å². The van der Waals surface area contributed by atoms with Crippen LogP contribution in [0.1, 0.15) is 252 Å². The minimum Gasteiger partial charge on any atom is -0.462 e. The molecule has 0 spiro atoms. The summed E-state index contributed by atoms with van der Waals surface area (Å²) in [4.78, 5) is 25.5. The van der Waals surface area contributed by atoms with Crippen molar-refractivity contribution in [2.45, 2.75) is 258 Å². The van der Waals surface area contributed by atoms with Gasteiger partial charge in [0.15, 0.2) is 6.10 Å². The molecule has 70 heavy (non-hydrogen) atoms. The third kappa shape index (κ3) is 56.9. The molecule has 1 unspecified atom stereocenters. The first kappa shape index (κ1) is 66.3. The van der Waals surface area contributed by atoms with Gasteiger partial charge in [0.1, 0.15) is 6.61 Å². The molecule has 0 heterocycles. The van der Waals surface area contributed by atoms with Crippen molar-refractivity contribution in [3.8, 4) is 0 Å². The highest BCUT2D eigenvalue weighted by Crippen LogP contribution is 2.13. The fraction of sp³-hybridized carbons (Fsp3) is 0.662. The van der Waals surface area contributed by atoms with Crippen LogP contribution in [0.4, 0.5) is 0 Å². The summed E-state index contributed by atoms with van der Waals surface area (Å²) in [6.45, 7) is 7.58. The molecule has 0 N–H and O–H groups in total. The van der Waals surface area contributed by atoms with Gasteiger partial charge in [-0.3, -0.25) is 9.59 Å². The van der Waals surface area contributed by atoms with E-state index in [1.165, 1.54) is 109 Å². The first-order valence-electron chi connectivity index (χ1n) is 29.1. The summed E-state index contributed by atoms with van der Waals surface area (Å²) in [5, 5.41) is 0. The maximum Gasteiger partial charge on any atom is 0.306 e. The van der Waals surface area contributed by atoms with E-state index in [2.05, 4.69) is 142 Å². The molecule has 5 heteroatoms. The zero-order valence-corrected chi connectivity index (χ0v) is 45.7. The molecule has 0 aromatic carbocycles. The predicted molar refractivity (Wildman–Crippen MR) is 306 cm³/mol. The van der Waals surface area contributed by atoms with E-state index in [-0.39, 0.29) is 25.2 Å². The second-order valence-electron chi connectivity index (χ2n) is 18.8. The second-order valence-corrected chi connectivity index (χ2v) is 18.8. The van der Waals surface area contributed by atoms with Crippen LogP contribution in [0.5, 0.6) is 0 Å². The number of allylic oxidation sites excluding steroid dienone is 20. The van der Waals surface area contributed by atoms with Crippen molar-refractivity contribution in [1.82, 2.24) is 0 Å². The Balaban J connectivity index is 4.39. The molecule has 398 valence electrons. The summed E-state index contributed by atoms with van der Waals surface area (Å²) in [6, 6.07) is 0. The number of carbonyl (C=O) groups is 2. The van der Waals surface area contributed by atoms with E-state index in [0.717, 1.165) is 109 Å². The molecule has 0 bridgehead atoms. The summed E-state index contributed by atoms with van der Waals surface area (Å²) < 4.78 is 17.4. The minimum absolute atomic E-state index is 0.0503. The Morgan fingerprint density at radius 3 is 1.06 bits per heavy atom. The smallest absolute Gasteiger partial charge is 0.306 e. The quantitative estimate of drug-likeness (QED) is 0.0345. The Morgan fingerprint density at radius 1 is 0.329 bits per heavy atom. The van der Waals surface area contributed by atoms with Gasteiger partial charge in [0.25, 0.3) is 0 Å². The maximum atomic E-state index is 12.8. The fourth-order valence-electron chi connectivity index (χ4n) is 7.63. The van der Waals surface area contributed by atoms with E-state index < -0.39 is 6.10 Å². The summed E-state index contributed by atoms with van der Waals surface area (Å²) in [6.07, 6.45) is 83.6. The van der Waals surface area contributed by atoms with Crippen LogP contribution in [0, 0.1) is 0 Å². The van der Waals surface area contributed by atoms with Crippen LogP contribution in [0.25, 0.3) is 0 Å². The van der Waals surface area contributed by atoms with Gasteiger partial charge < -0.3 is 14.2 Å². The van der Waals surface area contributed by atoms with Crippen molar-refractivity contribution in [1.29, 1.82) is 0 Å². The molecule has 5 nitrogen and oxygen atoms in total. The van der Waals surface area contributed by atoms with Crippen molar-refractivity contribution in [2.24, 2.45) is 0 Å². The highest BCUT2D eigenvalue weighted by Gasteiger charge is 2.17. The monoisotopic (exact) mass is 969 g/mol. The van der Waals surface area contributed by atoms with Crippen molar-refractivity contribution >= 4 is 11.9 Å². The molecule has 0 aromatic heterocycles. The lowest BCUT2D eigenvalue weighted by atomic mass is 10.1. The van der Waals surface area contributed by atoms with E-state index in [4.69, 9.17) is 14.2 Å². The SMILES string of the molecule is CC/C=C\C/C=C\C/C=C\C/C=C\CCCCC(=O)OC(COCCCCCCCCC/C=C\C/C=C\C/C=C\CCCCC)COC(=O)CCCCCCCC/C=C\C/C=C\C/C=C\CCCCC. The van der Waals surface area contributed by atoms with Gasteiger partial charge in [0, 0.05) is 19.4 Å². The molecule has 0 saturated heterocycles. The molecule has 0 saturated carbocycles. The topological polar surface area (TPSA) is 61.8 Å². The lowest BCUT2D eigenvalue weighted by Crippen LogP contribution is -2.30. The normalized spacial score (nSPS) is 13.1. The van der Waals surface area contributed by atoms with Crippen molar-refractivity contribution in [2.75, 3.05) is 19.8 Å². The molecule has 0 amide bonds. The first-order chi connectivity index (χ1) is 34.6. The second kappa shape index (κ2) is 59.6. The van der Waals surface area contributed by atoms with Crippen LogP contribution in [-0.4, -0.2) is 37.9 Å². The van der Waals surface area contributed by atoms with Crippen LogP contribution in [0.15, 0.2) is 122 Å². The van der Waals surface area contributed by atoms with Gasteiger partial charge in [0.05, 0.1) is 6.61 Å². The third-order valence-corrected chi connectivity index (χ3v) is 12.0. The summed E-state index contributed by atoms with van der Waals surface area (Å²) in [5.41, 5.74) is 0. The van der Waals surface area contributed by atoms with Gasteiger partial charge in [-0.25, -0.2) is 0 Å². The van der Waals surface area contributed by atoms with E-state index in [0.29, 0.717) is 19.4 Å². The Hall–Kier alpha value is -3.70. The molecule has 0 radical (unpaired) electrons. The van der Waals surface area contributed by atoms with Crippen LogP contribution in [0.3, 0.4) is 0 Å².